The number of nitrogens with zero attached hydrogens (tertiary/aromatic N) is 1. The van der Waals surface area contributed by atoms with Crippen LogP contribution in [0.15, 0.2) is 16.8 Å². The van der Waals surface area contributed by atoms with Crippen molar-refractivity contribution in [2.45, 2.75) is 12.8 Å². The normalized spacial score (nSPS) is 20.7. The second-order valence-electron chi connectivity index (χ2n) is 4.59. The molecule has 1 aromatic heterocycles. The van der Waals surface area contributed by atoms with Crippen LogP contribution in [0.4, 0.5) is 0 Å². The standard InChI is InChI=1S/C13H19NO3S/c15-8-12-7-14(4-5-17-9-12)13(16)2-1-11-3-6-18-10-11/h3,6,10,12,15H,1-2,4-5,7-9H2/t12-/m0/s1. The second-order valence-corrected chi connectivity index (χ2v) is 5.37. The van der Waals surface area contributed by atoms with E-state index in [4.69, 9.17) is 4.74 Å². The lowest BCUT2D eigenvalue weighted by molar-refractivity contribution is -0.131. The third-order valence-electron chi connectivity index (χ3n) is 3.16. The molecule has 1 aliphatic heterocycles. The van der Waals surface area contributed by atoms with Gasteiger partial charge in [0.1, 0.15) is 0 Å². The Morgan fingerprint density at radius 2 is 2.50 bits per heavy atom. The minimum Gasteiger partial charge on any atom is -0.396 e. The summed E-state index contributed by atoms with van der Waals surface area (Å²) < 4.78 is 5.38. The largest absolute Gasteiger partial charge is 0.396 e. The maximum absolute atomic E-state index is 12.1. The van der Waals surface area contributed by atoms with Crippen molar-refractivity contribution in [3.63, 3.8) is 0 Å². The summed E-state index contributed by atoms with van der Waals surface area (Å²) in [5.41, 5.74) is 1.22. The van der Waals surface area contributed by atoms with Gasteiger partial charge in [-0.05, 0) is 28.8 Å². The van der Waals surface area contributed by atoms with Gasteiger partial charge in [-0.3, -0.25) is 4.79 Å². The van der Waals surface area contributed by atoms with E-state index in [1.807, 2.05) is 10.3 Å². The number of hydrogen-bond donors (Lipinski definition) is 1. The molecule has 1 aliphatic rings. The number of carbonyl (C=O) groups is 1. The fourth-order valence-electron chi connectivity index (χ4n) is 2.06. The third-order valence-corrected chi connectivity index (χ3v) is 3.89. The van der Waals surface area contributed by atoms with Gasteiger partial charge in [-0.2, -0.15) is 11.3 Å². The molecule has 0 unspecified atom stereocenters. The SMILES string of the molecule is O=C(CCc1ccsc1)N1CCOC[C@H](CO)C1. The van der Waals surface area contributed by atoms with Crippen LogP contribution in [0.5, 0.6) is 0 Å². The monoisotopic (exact) mass is 269 g/mol. The first kappa shape index (κ1) is 13.5. The molecule has 0 radical (unpaired) electrons. The first-order valence-electron chi connectivity index (χ1n) is 6.27. The van der Waals surface area contributed by atoms with E-state index in [9.17, 15) is 9.90 Å². The van der Waals surface area contributed by atoms with Gasteiger partial charge >= 0.3 is 0 Å². The summed E-state index contributed by atoms with van der Waals surface area (Å²) >= 11 is 1.66. The lowest BCUT2D eigenvalue weighted by Gasteiger charge is -2.22. The molecule has 1 N–H and O–H groups in total. The van der Waals surface area contributed by atoms with Gasteiger partial charge < -0.3 is 14.7 Å². The molecule has 0 saturated carbocycles. The van der Waals surface area contributed by atoms with Crippen molar-refractivity contribution < 1.29 is 14.6 Å². The van der Waals surface area contributed by atoms with Crippen LogP contribution in [0.2, 0.25) is 0 Å². The van der Waals surface area contributed by atoms with E-state index in [2.05, 4.69) is 11.4 Å². The Bertz CT molecular complexity index is 366. The average molecular weight is 269 g/mol. The molecule has 1 saturated heterocycles. The average Bonchev–Trinajstić information content (AvgIpc) is 2.79. The molecule has 0 bridgehead atoms. The van der Waals surface area contributed by atoms with Crippen LogP contribution in [0.1, 0.15) is 12.0 Å². The molecule has 0 spiro atoms. The number of carbonyl (C=O) groups excluding carboxylic acids is 1. The first-order valence-corrected chi connectivity index (χ1v) is 7.21. The number of hydrogen-bond acceptors (Lipinski definition) is 4. The van der Waals surface area contributed by atoms with E-state index >= 15 is 0 Å². The van der Waals surface area contributed by atoms with Crippen molar-refractivity contribution in [1.82, 2.24) is 4.90 Å². The Labute approximate surface area is 111 Å². The summed E-state index contributed by atoms with van der Waals surface area (Å²) in [5, 5.41) is 13.3. The number of aliphatic hydroxyl groups is 1. The van der Waals surface area contributed by atoms with E-state index in [0.29, 0.717) is 32.7 Å². The summed E-state index contributed by atoms with van der Waals surface area (Å²) in [6.45, 7) is 2.44. The van der Waals surface area contributed by atoms with Crippen molar-refractivity contribution in [2.24, 2.45) is 5.92 Å². The quantitative estimate of drug-likeness (QED) is 0.892. The molecule has 2 heterocycles. The smallest absolute Gasteiger partial charge is 0.222 e. The van der Waals surface area contributed by atoms with Crippen molar-refractivity contribution in [3.05, 3.63) is 22.4 Å². The minimum absolute atomic E-state index is 0.0533. The molecule has 1 atom stereocenters. The number of ether oxygens (including phenoxy) is 1. The molecule has 100 valence electrons. The van der Waals surface area contributed by atoms with Gasteiger partial charge in [0.05, 0.1) is 13.2 Å². The van der Waals surface area contributed by atoms with Gasteiger partial charge in [-0.15, -0.1) is 0 Å². The maximum atomic E-state index is 12.1. The topological polar surface area (TPSA) is 49.8 Å². The predicted octanol–water partition coefficient (Wildman–Crippen LogP) is 1.15. The number of thiophene rings is 1. The van der Waals surface area contributed by atoms with Gasteiger partial charge in [-0.25, -0.2) is 0 Å². The van der Waals surface area contributed by atoms with Gasteiger partial charge in [0, 0.05) is 32.0 Å². The van der Waals surface area contributed by atoms with Crippen molar-refractivity contribution in [2.75, 3.05) is 32.9 Å². The molecule has 1 aromatic rings. The highest BCUT2D eigenvalue weighted by atomic mass is 32.1. The van der Waals surface area contributed by atoms with Gasteiger partial charge in [0.25, 0.3) is 0 Å². The molecule has 2 rings (SSSR count). The van der Waals surface area contributed by atoms with Gasteiger partial charge in [-0.1, -0.05) is 0 Å². The summed E-state index contributed by atoms with van der Waals surface area (Å²) in [4.78, 5) is 13.9. The first-order chi connectivity index (χ1) is 8.79. The maximum Gasteiger partial charge on any atom is 0.222 e. The molecule has 4 nitrogen and oxygen atoms in total. The zero-order valence-electron chi connectivity index (χ0n) is 10.4. The van der Waals surface area contributed by atoms with E-state index in [1.165, 1.54) is 5.56 Å². The van der Waals surface area contributed by atoms with Crippen molar-refractivity contribution in [1.29, 1.82) is 0 Å². The Hall–Kier alpha value is -0.910. The fourth-order valence-corrected chi connectivity index (χ4v) is 2.76. The number of rotatable bonds is 4. The lowest BCUT2D eigenvalue weighted by atomic mass is 10.1. The molecule has 1 amide bonds. The molecule has 5 heteroatoms. The number of aliphatic hydroxyl groups excluding tert-OH is 1. The lowest BCUT2D eigenvalue weighted by Crippen LogP contribution is -2.36. The summed E-state index contributed by atoms with van der Waals surface area (Å²) in [7, 11) is 0. The summed E-state index contributed by atoms with van der Waals surface area (Å²) in [5.74, 6) is 0.211. The van der Waals surface area contributed by atoms with Crippen LogP contribution in [0, 0.1) is 5.92 Å². The van der Waals surface area contributed by atoms with E-state index in [0.717, 1.165) is 6.42 Å². The fraction of sp³-hybridized carbons (Fsp3) is 0.615. The summed E-state index contributed by atoms with van der Waals surface area (Å²) in [6.07, 6.45) is 1.33. The summed E-state index contributed by atoms with van der Waals surface area (Å²) in [6, 6.07) is 2.06. The van der Waals surface area contributed by atoms with E-state index in [-0.39, 0.29) is 18.4 Å². The Balaban J connectivity index is 1.83. The highest BCUT2D eigenvalue weighted by molar-refractivity contribution is 7.07. The number of amides is 1. The van der Waals surface area contributed by atoms with Crippen LogP contribution in [0.25, 0.3) is 0 Å². The number of aryl methyl sites for hydroxylation is 1. The van der Waals surface area contributed by atoms with Crippen molar-refractivity contribution >= 4 is 17.2 Å². The molecule has 0 aromatic carbocycles. The predicted molar refractivity (Wildman–Crippen MR) is 70.6 cm³/mol. The second kappa shape index (κ2) is 6.87. The van der Waals surface area contributed by atoms with E-state index in [1.54, 1.807) is 11.3 Å². The van der Waals surface area contributed by atoms with Crippen LogP contribution >= 0.6 is 11.3 Å². The van der Waals surface area contributed by atoms with Gasteiger partial charge in [0.2, 0.25) is 5.91 Å². The molecular weight excluding hydrogens is 250 g/mol. The Morgan fingerprint density at radius 3 is 3.22 bits per heavy atom. The highest BCUT2D eigenvalue weighted by Gasteiger charge is 2.21. The highest BCUT2D eigenvalue weighted by Crippen LogP contribution is 2.12. The zero-order valence-corrected chi connectivity index (χ0v) is 11.2. The van der Waals surface area contributed by atoms with Crippen LogP contribution < -0.4 is 0 Å². The Kier molecular flexibility index (Phi) is 5.16. The molecule has 1 fully saturated rings. The zero-order chi connectivity index (χ0) is 12.8. The molecular formula is C13H19NO3S. The minimum atomic E-state index is 0.0533. The Morgan fingerprint density at radius 1 is 1.61 bits per heavy atom. The van der Waals surface area contributed by atoms with Crippen molar-refractivity contribution in [3.8, 4) is 0 Å². The third kappa shape index (κ3) is 3.80. The van der Waals surface area contributed by atoms with Gasteiger partial charge in [0.15, 0.2) is 0 Å². The van der Waals surface area contributed by atoms with E-state index < -0.39 is 0 Å². The molecule has 0 aliphatic carbocycles. The van der Waals surface area contributed by atoms with Crippen LogP contribution in [-0.2, 0) is 16.0 Å². The van der Waals surface area contributed by atoms with Crippen LogP contribution in [0.3, 0.4) is 0 Å². The molecule has 18 heavy (non-hydrogen) atoms. The van der Waals surface area contributed by atoms with Crippen LogP contribution in [-0.4, -0.2) is 48.8 Å².